The molecule has 3 heteroatoms. The monoisotopic (exact) mass is 408 g/mol. The minimum Gasteiger partial charge on any atom is -0.312 e. The summed E-state index contributed by atoms with van der Waals surface area (Å²) in [7, 11) is 2.23. The van der Waals surface area contributed by atoms with Gasteiger partial charge in [-0.1, -0.05) is 54.1 Å². The van der Waals surface area contributed by atoms with E-state index in [-0.39, 0.29) is 0 Å². The number of aromatic nitrogens is 1. The van der Waals surface area contributed by atoms with E-state index in [4.69, 9.17) is 0 Å². The van der Waals surface area contributed by atoms with Crippen LogP contribution in [0, 0.1) is 6.92 Å². The molecule has 30 heavy (non-hydrogen) atoms. The van der Waals surface area contributed by atoms with E-state index in [0.29, 0.717) is 0 Å². The lowest BCUT2D eigenvalue weighted by molar-refractivity contribution is 0.311. The fraction of sp³-hybridized carbons (Fsp3) is 0.185. The molecule has 0 aliphatic carbocycles. The van der Waals surface area contributed by atoms with Gasteiger partial charge < -0.3 is 9.47 Å². The summed E-state index contributed by atoms with van der Waals surface area (Å²) in [6.45, 7) is 4.33. The first kappa shape index (κ1) is 17.9. The molecule has 0 saturated carbocycles. The van der Waals surface area contributed by atoms with E-state index >= 15 is 0 Å². The summed E-state index contributed by atoms with van der Waals surface area (Å²) in [6, 6.07) is 22.3. The Bertz CT molecular complexity index is 1400. The fourth-order valence-corrected chi connectivity index (χ4v) is 5.82. The van der Waals surface area contributed by atoms with Gasteiger partial charge in [-0.2, -0.15) is 0 Å². The van der Waals surface area contributed by atoms with Crippen LogP contribution in [0.25, 0.3) is 38.5 Å². The van der Waals surface area contributed by atoms with Gasteiger partial charge in [0.1, 0.15) is 0 Å². The lowest BCUT2D eigenvalue weighted by Gasteiger charge is -2.24. The zero-order valence-electron chi connectivity index (χ0n) is 17.4. The number of hydrogen-bond acceptors (Lipinski definition) is 2. The highest BCUT2D eigenvalue weighted by Gasteiger charge is 2.25. The van der Waals surface area contributed by atoms with Crippen molar-refractivity contribution in [3.63, 3.8) is 0 Å². The second-order valence-corrected chi connectivity index (χ2v) is 9.21. The van der Waals surface area contributed by atoms with E-state index < -0.39 is 0 Å². The SMILES string of the molecule is Cc1ccc2c(c1)c1c(n2-c2cscc2-c2cccc3ccccc23)CCN(C)C1. The molecule has 0 atom stereocenters. The quantitative estimate of drug-likeness (QED) is 0.311. The second-order valence-electron chi connectivity index (χ2n) is 8.47. The number of rotatable bonds is 2. The molecular weight excluding hydrogens is 384 g/mol. The third-order valence-electron chi connectivity index (χ3n) is 6.46. The summed E-state index contributed by atoms with van der Waals surface area (Å²) in [4.78, 5) is 2.44. The van der Waals surface area contributed by atoms with Crippen molar-refractivity contribution >= 4 is 33.0 Å². The topological polar surface area (TPSA) is 8.17 Å². The molecule has 1 aliphatic heterocycles. The van der Waals surface area contributed by atoms with E-state index in [2.05, 4.69) is 94.9 Å². The van der Waals surface area contributed by atoms with Gasteiger partial charge in [0.25, 0.3) is 0 Å². The van der Waals surface area contributed by atoms with E-state index in [0.717, 1.165) is 19.5 Å². The Labute approximate surface area is 181 Å². The zero-order valence-corrected chi connectivity index (χ0v) is 18.2. The Kier molecular flexibility index (Phi) is 4.08. The van der Waals surface area contributed by atoms with Crippen LogP contribution in [0.4, 0.5) is 0 Å². The van der Waals surface area contributed by atoms with Gasteiger partial charge in [-0.25, -0.2) is 0 Å². The summed E-state index contributed by atoms with van der Waals surface area (Å²) < 4.78 is 2.55. The molecule has 0 fully saturated rings. The largest absolute Gasteiger partial charge is 0.312 e. The number of thiophene rings is 1. The van der Waals surface area contributed by atoms with Crippen LogP contribution < -0.4 is 0 Å². The predicted octanol–water partition coefficient (Wildman–Crippen LogP) is 6.81. The molecule has 5 aromatic rings. The van der Waals surface area contributed by atoms with Crippen LogP contribution in [0.5, 0.6) is 0 Å². The predicted molar refractivity (Wildman–Crippen MR) is 129 cm³/mol. The van der Waals surface area contributed by atoms with Crippen molar-refractivity contribution < 1.29 is 0 Å². The van der Waals surface area contributed by atoms with Gasteiger partial charge in [0, 0.05) is 46.9 Å². The van der Waals surface area contributed by atoms with Crippen LogP contribution in [0.1, 0.15) is 16.8 Å². The molecule has 0 bridgehead atoms. The molecule has 3 heterocycles. The number of nitrogens with zero attached hydrogens (tertiary/aromatic N) is 2. The van der Waals surface area contributed by atoms with E-state index in [1.165, 1.54) is 55.3 Å². The Morgan fingerprint density at radius 3 is 2.67 bits per heavy atom. The van der Waals surface area contributed by atoms with Crippen molar-refractivity contribution in [3.05, 3.63) is 88.2 Å². The minimum absolute atomic E-state index is 1.02. The highest BCUT2D eigenvalue weighted by Crippen LogP contribution is 2.40. The van der Waals surface area contributed by atoms with Crippen LogP contribution in [0.15, 0.2) is 71.4 Å². The van der Waals surface area contributed by atoms with Gasteiger partial charge in [0.05, 0.1) is 11.2 Å². The van der Waals surface area contributed by atoms with Crippen LogP contribution in [0.2, 0.25) is 0 Å². The summed E-state index contributed by atoms with van der Waals surface area (Å²) in [5.41, 5.74) is 9.61. The lowest BCUT2D eigenvalue weighted by atomic mass is 9.99. The van der Waals surface area contributed by atoms with Crippen LogP contribution in [-0.4, -0.2) is 23.1 Å². The molecule has 2 aromatic heterocycles. The molecule has 0 amide bonds. The molecule has 1 aliphatic rings. The maximum absolute atomic E-state index is 2.55. The van der Waals surface area contributed by atoms with Crippen molar-refractivity contribution in [1.29, 1.82) is 0 Å². The number of likely N-dealkylation sites (N-methyl/N-ethyl adjacent to an activating group) is 1. The van der Waals surface area contributed by atoms with Gasteiger partial charge >= 0.3 is 0 Å². The van der Waals surface area contributed by atoms with E-state index in [1.54, 1.807) is 11.3 Å². The van der Waals surface area contributed by atoms with Gasteiger partial charge in [-0.3, -0.25) is 0 Å². The van der Waals surface area contributed by atoms with Crippen LogP contribution in [0.3, 0.4) is 0 Å². The first-order valence-electron chi connectivity index (χ1n) is 10.6. The molecule has 0 saturated heterocycles. The van der Waals surface area contributed by atoms with Gasteiger partial charge in [0.2, 0.25) is 0 Å². The van der Waals surface area contributed by atoms with Crippen molar-refractivity contribution in [1.82, 2.24) is 9.47 Å². The number of fused-ring (bicyclic) bond motifs is 4. The second kappa shape index (κ2) is 6.83. The smallest absolute Gasteiger partial charge is 0.0644 e. The minimum atomic E-state index is 1.02. The maximum atomic E-state index is 2.55. The van der Waals surface area contributed by atoms with Crippen molar-refractivity contribution in [2.45, 2.75) is 19.9 Å². The number of benzene rings is 3. The zero-order chi connectivity index (χ0) is 20.2. The molecule has 0 radical (unpaired) electrons. The molecule has 3 aromatic carbocycles. The Morgan fingerprint density at radius 2 is 1.73 bits per heavy atom. The van der Waals surface area contributed by atoms with Crippen molar-refractivity contribution in [2.24, 2.45) is 0 Å². The Hall–Kier alpha value is -2.88. The Balaban J connectivity index is 1.65. The summed E-state index contributed by atoms with van der Waals surface area (Å²) in [5.74, 6) is 0. The molecular formula is C27H24N2S. The molecule has 6 rings (SSSR count). The molecule has 0 spiro atoms. The van der Waals surface area contributed by atoms with Gasteiger partial charge in [-0.05, 0) is 48.0 Å². The lowest BCUT2D eigenvalue weighted by Crippen LogP contribution is -2.27. The molecule has 0 unspecified atom stereocenters. The molecule has 148 valence electrons. The summed E-state index contributed by atoms with van der Waals surface area (Å²) in [5, 5.41) is 8.67. The Morgan fingerprint density at radius 1 is 0.867 bits per heavy atom. The van der Waals surface area contributed by atoms with Crippen LogP contribution >= 0.6 is 11.3 Å². The highest BCUT2D eigenvalue weighted by molar-refractivity contribution is 7.08. The van der Waals surface area contributed by atoms with E-state index in [9.17, 15) is 0 Å². The summed E-state index contributed by atoms with van der Waals surface area (Å²) >= 11 is 1.80. The van der Waals surface area contributed by atoms with Gasteiger partial charge in [-0.15, -0.1) is 11.3 Å². The fourth-order valence-electron chi connectivity index (χ4n) is 5.01. The summed E-state index contributed by atoms with van der Waals surface area (Å²) in [6.07, 6.45) is 1.09. The number of aryl methyl sites for hydroxylation is 1. The highest BCUT2D eigenvalue weighted by atomic mass is 32.1. The third kappa shape index (κ3) is 2.66. The number of hydrogen-bond donors (Lipinski definition) is 0. The first-order valence-corrected chi connectivity index (χ1v) is 11.5. The average Bonchev–Trinajstić information content (AvgIpc) is 3.35. The standard InChI is InChI=1S/C27H24N2S/c1-18-10-11-25-22(14-18)23-15-28(2)13-12-26(23)29(25)27-17-30-16-24(27)21-9-5-7-19-6-3-4-8-20(19)21/h3-11,14,16-17H,12-13,15H2,1-2H3. The van der Waals surface area contributed by atoms with Crippen molar-refractivity contribution in [3.8, 4) is 16.8 Å². The normalized spacial score (nSPS) is 14.5. The molecule has 0 N–H and O–H groups in total. The van der Waals surface area contributed by atoms with Crippen molar-refractivity contribution in [2.75, 3.05) is 13.6 Å². The first-order chi connectivity index (χ1) is 14.7. The third-order valence-corrected chi connectivity index (χ3v) is 7.19. The van der Waals surface area contributed by atoms with Gasteiger partial charge in [0.15, 0.2) is 0 Å². The maximum Gasteiger partial charge on any atom is 0.0644 e. The average molecular weight is 409 g/mol. The van der Waals surface area contributed by atoms with E-state index in [1.807, 2.05) is 0 Å². The molecule has 2 nitrogen and oxygen atoms in total. The van der Waals surface area contributed by atoms with Crippen LogP contribution in [-0.2, 0) is 13.0 Å².